The quantitative estimate of drug-likeness (QED) is 0.898. The SMILES string of the molecule is CC1CC1CNC(=O)N1CCCc2cc(C(=O)O)ccc21. The van der Waals surface area contributed by atoms with E-state index in [9.17, 15) is 9.59 Å². The Bertz CT molecular complexity index is 585. The van der Waals surface area contributed by atoms with Crippen LogP contribution in [0.4, 0.5) is 10.5 Å². The largest absolute Gasteiger partial charge is 0.478 e. The van der Waals surface area contributed by atoms with E-state index < -0.39 is 5.97 Å². The highest BCUT2D eigenvalue weighted by Crippen LogP contribution is 2.37. The summed E-state index contributed by atoms with van der Waals surface area (Å²) >= 11 is 0. The third-order valence-corrected chi connectivity index (χ3v) is 4.48. The lowest BCUT2D eigenvalue weighted by molar-refractivity contribution is 0.0696. The molecule has 0 aromatic heterocycles. The van der Waals surface area contributed by atoms with Crippen LogP contribution in [0, 0.1) is 11.8 Å². The van der Waals surface area contributed by atoms with Gasteiger partial charge in [0.15, 0.2) is 0 Å². The first-order valence-corrected chi connectivity index (χ1v) is 7.48. The van der Waals surface area contributed by atoms with Crippen LogP contribution in [-0.2, 0) is 6.42 Å². The average Bonchev–Trinajstić information content (AvgIpc) is 3.19. The summed E-state index contributed by atoms with van der Waals surface area (Å²) in [6, 6.07) is 4.92. The molecule has 1 aromatic carbocycles. The van der Waals surface area contributed by atoms with E-state index in [4.69, 9.17) is 5.11 Å². The number of carboxylic acid groups (broad SMARTS) is 1. The molecule has 1 fully saturated rings. The molecular weight excluding hydrogens is 268 g/mol. The molecule has 1 aromatic rings. The molecule has 5 heteroatoms. The highest BCUT2D eigenvalue weighted by molar-refractivity contribution is 5.95. The van der Waals surface area contributed by atoms with Crippen molar-refractivity contribution in [3.05, 3.63) is 29.3 Å². The normalized spacial score (nSPS) is 23.4. The molecule has 1 heterocycles. The van der Waals surface area contributed by atoms with Crippen LogP contribution in [0.2, 0.25) is 0 Å². The summed E-state index contributed by atoms with van der Waals surface area (Å²) < 4.78 is 0. The summed E-state index contributed by atoms with van der Waals surface area (Å²) in [5.41, 5.74) is 2.06. The Kier molecular flexibility index (Phi) is 3.57. The van der Waals surface area contributed by atoms with Crippen molar-refractivity contribution in [3.63, 3.8) is 0 Å². The van der Waals surface area contributed by atoms with Crippen molar-refractivity contribution in [2.75, 3.05) is 18.0 Å². The molecule has 0 radical (unpaired) electrons. The van der Waals surface area contributed by atoms with E-state index in [-0.39, 0.29) is 11.6 Å². The number of amides is 2. The summed E-state index contributed by atoms with van der Waals surface area (Å²) in [6.45, 7) is 3.62. The van der Waals surface area contributed by atoms with Gasteiger partial charge in [-0.15, -0.1) is 0 Å². The molecule has 2 aliphatic rings. The van der Waals surface area contributed by atoms with Crippen molar-refractivity contribution < 1.29 is 14.7 Å². The Balaban J connectivity index is 1.73. The second-order valence-electron chi connectivity index (χ2n) is 6.06. The molecule has 1 aliphatic carbocycles. The van der Waals surface area contributed by atoms with Gasteiger partial charge in [-0.3, -0.25) is 4.90 Å². The minimum absolute atomic E-state index is 0.0712. The van der Waals surface area contributed by atoms with Gasteiger partial charge in [0.1, 0.15) is 0 Å². The molecule has 21 heavy (non-hydrogen) atoms. The zero-order valence-electron chi connectivity index (χ0n) is 12.1. The first kappa shape index (κ1) is 13.9. The molecule has 2 N–H and O–H groups in total. The molecule has 1 aliphatic heterocycles. The van der Waals surface area contributed by atoms with Gasteiger partial charge in [0.25, 0.3) is 0 Å². The van der Waals surface area contributed by atoms with E-state index in [0.717, 1.165) is 36.6 Å². The second-order valence-corrected chi connectivity index (χ2v) is 6.06. The minimum Gasteiger partial charge on any atom is -0.478 e. The van der Waals surface area contributed by atoms with Crippen LogP contribution in [0.15, 0.2) is 18.2 Å². The Morgan fingerprint density at radius 2 is 2.19 bits per heavy atom. The number of nitrogens with zero attached hydrogens (tertiary/aromatic N) is 1. The summed E-state index contributed by atoms with van der Waals surface area (Å²) in [4.78, 5) is 25.1. The van der Waals surface area contributed by atoms with Crippen LogP contribution in [0.25, 0.3) is 0 Å². The van der Waals surface area contributed by atoms with Gasteiger partial charge in [-0.2, -0.15) is 0 Å². The highest BCUT2D eigenvalue weighted by atomic mass is 16.4. The predicted molar refractivity (Wildman–Crippen MR) is 79.7 cm³/mol. The number of carbonyl (C=O) groups excluding carboxylic acids is 1. The van der Waals surface area contributed by atoms with E-state index >= 15 is 0 Å². The molecular formula is C16H20N2O3. The van der Waals surface area contributed by atoms with Crippen LogP contribution in [0.5, 0.6) is 0 Å². The minimum atomic E-state index is -0.929. The molecule has 2 atom stereocenters. The van der Waals surface area contributed by atoms with E-state index in [1.807, 2.05) is 0 Å². The van der Waals surface area contributed by atoms with Gasteiger partial charge in [0.05, 0.1) is 5.56 Å². The van der Waals surface area contributed by atoms with Gasteiger partial charge < -0.3 is 10.4 Å². The molecule has 3 rings (SSSR count). The highest BCUT2D eigenvalue weighted by Gasteiger charge is 2.33. The molecule has 5 nitrogen and oxygen atoms in total. The summed E-state index contributed by atoms with van der Waals surface area (Å²) in [5.74, 6) is 0.409. The third kappa shape index (κ3) is 2.86. The van der Waals surface area contributed by atoms with Crippen molar-refractivity contribution in [2.45, 2.75) is 26.2 Å². The van der Waals surface area contributed by atoms with Crippen molar-refractivity contribution in [1.29, 1.82) is 0 Å². The molecule has 0 spiro atoms. The Labute approximate surface area is 123 Å². The summed E-state index contributed by atoms with van der Waals surface area (Å²) in [7, 11) is 0. The van der Waals surface area contributed by atoms with Crippen LogP contribution in [0.3, 0.4) is 0 Å². The van der Waals surface area contributed by atoms with E-state index in [1.165, 1.54) is 6.42 Å². The lowest BCUT2D eigenvalue weighted by Crippen LogP contribution is -2.43. The van der Waals surface area contributed by atoms with Crippen molar-refractivity contribution in [1.82, 2.24) is 5.32 Å². The zero-order valence-corrected chi connectivity index (χ0v) is 12.1. The number of urea groups is 1. The van der Waals surface area contributed by atoms with Crippen LogP contribution in [0.1, 0.15) is 35.7 Å². The monoisotopic (exact) mass is 288 g/mol. The fourth-order valence-electron chi connectivity index (χ4n) is 2.94. The first-order chi connectivity index (χ1) is 10.1. The number of hydrogen-bond acceptors (Lipinski definition) is 2. The molecule has 1 saturated carbocycles. The first-order valence-electron chi connectivity index (χ1n) is 7.48. The standard InChI is InChI=1S/C16H20N2O3/c1-10-7-13(10)9-17-16(21)18-6-2-3-11-8-12(15(19)20)4-5-14(11)18/h4-5,8,10,13H,2-3,6-7,9H2,1H3,(H,17,21)(H,19,20). The van der Waals surface area contributed by atoms with Gasteiger partial charge >= 0.3 is 12.0 Å². The number of hydrogen-bond donors (Lipinski definition) is 2. The molecule has 112 valence electrons. The van der Waals surface area contributed by atoms with Crippen LogP contribution in [-0.4, -0.2) is 30.2 Å². The lowest BCUT2D eigenvalue weighted by atomic mass is 9.99. The number of rotatable bonds is 3. The van der Waals surface area contributed by atoms with Crippen LogP contribution < -0.4 is 10.2 Å². The maximum atomic E-state index is 12.3. The predicted octanol–water partition coefficient (Wildman–Crippen LogP) is 2.50. The van der Waals surface area contributed by atoms with Crippen LogP contribution >= 0.6 is 0 Å². The summed E-state index contributed by atoms with van der Waals surface area (Å²) in [6.07, 6.45) is 2.88. The third-order valence-electron chi connectivity index (χ3n) is 4.48. The number of fused-ring (bicyclic) bond motifs is 1. The number of anilines is 1. The maximum absolute atomic E-state index is 12.3. The van der Waals surface area contributed by atoms with E-state index in [1.54, 1.807) is 23.1 Å². The topological polar surface area (TPSA) is 69.6 Å². The zero-order chi connectivity index (χ0) is 15.0. The van der Waals surface area contributed by atoms with Crippen molar-refractivity contribution >= 4 is 17.7 Å². The van der Waals surface area contributed by atoms with Crippen molar-refractivity contribution in [2.24, 2.45) is 11.8 Å². The van der Waals surface area contributed by atoms with Gasteiger partial charge in [-0.05, 0) is 54.9 Å². The van der Waals surface area contributed by atoms with Gasteiger partial charge in [0.2, 0.25) is 0 Å². The van der Waals surface area contributed by atoms with E-state index in [0.29, 0.717) is 12.5 Å². The number of carbonyl (C=O) groups is 2. The number of benzene rings is 1. The number of carboxylic acids is 1. The fraction of sp³-hybridized carbons (Fsp3) is 0.500. The smallest absolute Gasteiger partial charge is 0.335 e. The Morgan fingerprint density at radius 1 is 1.43 bits per heavy atom. The Morgan fingerprint density at radius 3 is 2.86 bits per heavy atom. The second kappa shape index (κ2) is 5.39. The number of aryl methyl sites for hydroxylation is 1. The number of nitrogens with one attached hydrogen (secondary N) is 1. The average molecular weight is 288 g/mol. The molecule has 2 amide bonds. The van der Waals surface area contributed by atoms with Crippen molar-refractivity contribution in [3.8, 4) is 0 Å². The molecule has 0 saturated heterocycles. The lowest BCUT2D eigenvalue weighted by Gasteiger charge is -2.29. The molecule has 0 bridgehead atoms. The van der Waals surface area contributed by atoms with Gasteiger partial charge in [-0.25, -0.2) is 9.59 Å². The molecule has 2 unspecified atom stereocenters. The maximum Gasteiger partial charge on any atom is 0.335 e. The fourth-order valence-corrected chi connectivity index (χ4v) is 2.94. The summed E-state index contributed by atoms with van der Waals surface area (Å²) in [5, 5.41) is 12.0. The Hall–Kier alpha value is -2.04. The van der Waals surface area contributed by atoms with E-state index in [2.05, 4.69) is 12.2 Å². The van der Waals surface area contributed by atoms with Gasteiger partial charge in [-0.1, -0.05) is 6.92 Å². The number of aromatic carboxylic acids is 1. The van der Waals surface area contributed by atoms with Gasteiger partial charge in [0, 0.05) is 18.8 Å².